The number of benzene rings is 2. The van der Waals surface area contributed by atoms with Crippen LogP contribution in [0.2, 0.25) is 0 Å². The highest BCUT2D eigenvalue weighted by molar-refractivity contribution is 6.00. The molecule has 7 nitrogen and oxygen atoms in total. The zero-order valence-corrected chi connectivity index (χ0v) is 15.2. The molecule has 7 heteroatoms. The van der Waals surface area contributed by atoms with Crippen LogP contribution in [0.4, 0.5) is 26.7 Å². The molecule has 0 bridgehead atoms. The van der Waals surface area contributed by atoms with Crippen LogP contribution in [0, 0.1) is 0 Å². The summed E-state index contributed by atoms with van der Waals surface area (Å²) in [4.78, 5) is 28.1. The number of rotatable bonds is 6. The van der Waals surface area contributed by atoms with Crippen LogP contribution in [0.1, 0.15) is 5.56 Å². The van der Waals surface area contributed by atoms with Gasteiger partial charge in [0, 0.05) is 36.0 Å². The topological polar surface area (TPSA) is 95.2 Å². The van der Waals surface area contributed by atoms with E-state index in [-0.39, 0.29) is 12.1 Å². The fraction of sp³-hybridized carbons (Fsp3) is 0.0952. The molecule has 0 radical (unpaired) electrons. The molecule has 3 aromatic rings. The molecule has 0 unspecified atom stereocenters. The van der Waals surface area contributed by atoms with Crippen LogP contribution in [-0.2, 0) is 6.42 Å². The van der Waals surface area contributed by atoms with Crippen LogP contribution in [0.3, 0.4) is 0 Å². The molecular weight excluding hydrogens is 354 g/mol. The number of nitrogens with zero attached hydrogens (tertiary/aromatic N) is 1. The number of para-hydroxylation sites is 1. The van der Waals surface area contributed by atoms with E-state index in [0.29, 0.717) is 30.0 Å². The van der Waals surface area contributed by atoms with E-state index in [1.165, 1.54) is 0 Å². The van der Waals surface area contributed by atoms with Crippen molar-refractivity contribution in [2.45, 2.75) is 6.42 Å². The first-order valence-corrected chi connectivity index (χ1v) is 8.86. The van der Waals surface area contributed by atoms with Gasteiger partial charge in [-0.2, -0.15) is 0 Å². The molecular formula is C21H21N5O2. The minimum absolute atomic E-state index is 0.310. The van der Waals surface area contributed by atoms with Gasteiger partial charge in [0.1, 0.15) is 0 Å². The van der Waals surface area contributed by atoms with Crippen molar-refractivity contribution in [1.29, 1.82) is 0 Å². The minimum Gasteiger partial charge on any atom is -0.338 e. The number of pyridine rings is 1. The Kier molecular flexibility index (Phi) is 6.57. The highest BCUT2D eigenvalue weighted by Gasteiger charge is 2.05. The second-order valence-corrected chi connectivity index (χ2v) is 6.02. The first-order valence-electron chi connectivity index (χ1n) is 8.86. The maximum atomic E-state index is 12.1. The number of nitrogens with one attached hydrogen (secondary N) is 4. The highest BCUT2D eigenvalue weighted by atomic mass is 16.2. The molecule has 1 heterocycles. The van der Waals surface area contributed by atoms with E-state index >= 15 is 0 Å². The SMILES string of the molecule is O=C(NCCc1cccnc1)Nc1cccc(NC(=O)Nc2ccccc2)c1. The fourth-order valence-electron chi connectivity index (χ4n) is 2.53. The van der Waals surface area contributed by atoms with Gasteiger partial charge < -0.3 is 21.3 Å². The minimum atomic E-state index is -0.357. The number of hydrogen-bond donors (Lipinski definition) is 4. The lowest BCUT2D eigenvalue weighted by atomic mass is 10.2. The van der Waals surface area contributed by atoms with Crippen LogP contribution in [0.5, 0.6) is 0 Å². The van der Waals surface area contributed by atoms with E-state index in [1.54, 1.807) is 48.8 Å². The van der Waals surface area contributed by atoms with Gasteiger partial charge in [-0.15, -0.1) is 0 Å². The Morgan fingerprint density at radius 1 is 0.750 bits per heavy atom. The summed E-state index contributed by atoms with van der Waals surface area (Å²) < 4.78 is 0. The van der Waals surface area contributed by atoms with E-state index < -0.39 is 0 Å². The van der Waals surface area contributed by atoms with Gasteiger partial charge in [-0.3, -0.25) is 4.98 Å². The lowest BCUT2D eigenvalue weighted by Crippen LogP contribution is -2.30. The predicted molar refractivity (Wildman–Crippen MR) is 110 cm³/mol. The lowest BCUT2D eigenvalue weighted by molar-refractivity contribution is 0.252. The number of carbonyl (C=O) groups is 2. The predicted octanol–water partition coefficient (Wildman–Crippen LogP) is 4.09. The summed E-state index contributed by atoms with van der Waals surface area (Å²) in [5.74, 6) is 0. The quantitative estimate of drug-likeness (QED) is 0.523. The molecule has 4 N–H and O–H groups in total. The Bertz CT molecular complexity index is 916. The summed E-state index contributed by atoms with van der Waals surface area (Å²) in [5, 5.41) is 11.0. The largest absolute Gasteiger partial charge is 0.338 e. The van der Waals surface area contributed by atoms with E-state index in [0.717, 1.165) is 5.56 Å². The molecule has 0 saturated heterocycles. The van der Waals surface area contributed by atoms with Crippen LogP contribution in [0.25, 0.3) is 0 Å². The first kappa shape index (κ1) is 18.9. The third-order valence-corrected chi connectivity index (χ3v) is 3.83. The number of hydrogen-bond acceptors (Lipinski definition) is 3. The Morgan fingerprint density at radius 2 is 1.43 bits per heavy atom. The molecule has 0 spiro atoms. The molecule has 28 heavy (non-hydrogen) atoms. The Hall–Kier alpha value is -3.87. The maximum Gasteiger partial charge on any atom is 0.323 e. The van der Waals surface area contributed by atoms with Crippen molar-refractivity contribution in [2.24, 2.45) is 0 Å². The summed E-state index contributed by atoms with van der Waals surface area (Å²) in [7, 11) is 0. The van der Waals surface area contributed by atoms with Gasteiger partial charge in [0.05, 0.1) is 0 Å². The second kappa shape index (κ2) is 9.72. The number of aromatic nitrogens is 1. The van der Waals surface area contributed by atoms with Crippen LogP contribution in [-0.4, -0.2) is 23.6 Å². The van der Waals surface area contributed by atoms with Gasteiger partial charge in [-0.1, -0.05) is 30.3 Å². The normalized spacial score (nSPS) is 10.0. The Labute approximate surface area is 163 Å². The number of anilines is 3. The van der Waals surface area contributed by atoms with Crippen LogP contribution >= 0.6 is 0 Å². The van der Waals surface area contributed by atoms with E-state index in [4.69, 9.17) is 0 Å². The van der Waals surface area contributed by atoms with Gasteiger partial charge in [-0.05, 0) is 48.4 Å². The number of urea groups is 2. The molecule has 0 saturated carbocycles. The first-order chi connectivity index (χ1) is 13.7. The molecule has 3 rings (SSSR count). The van der Waals surface area contributed by atoms with Crippen molar-refractivity contribution in [2.75, 3.05) is 22.5 Å². The molecule has 0 aliphatic carbocycles. The van der Waals surface area contributed by atoms with Crippen molar-refractivity contribution >= 4 is 29.1 Å². The summed E-state index contributed by atoms with van der Waals surface area (Å²) in [5.41, 5.74) is 2.90. The third kappa shape index (κ3) is 6.14. The molecule has 0 aliphatic heterocycles. The number of carbonyl (C=O) groups excluding carboxylic acids is 2. The summed E-state index contributed by atoms with van der Waals surface area (Å²) >= 11 is 0. The molecule has 0 aliphatic rings. The smallest absolute Gasteiger partial charge is 0.323 e. The summed E-state index contributed by atoms with van der Waals surface area (Å²) in [6, 6.07) is 19.2. The maximum absolute atomic E-state index is 12.1. The van der Waals surface area contributed by atoms with Gasteiger partial charge in [0.25, 0.3) is 0 Å². The standard InChI is InChI=1S/C21H21N5O2/c27-20(23-13-11-16-6-5-12-22-15-16)25-18-9-4-10-19(14-18)26-21(28)24-17-7-2-1-3-8-17/h1-10,12,14-15H,11,13H2,(H2,23,25,27)(H2,24,26,28). The molecule has 0 atom stereocenters. The van der Waals surface area contributed by atoms with Gasteiger partial charge in [0.2, 0.25) is 0 Å². The van der Waals surface area contributed by atoms with Crippen molar-refractivity contribution < 1.29 is 9.59 Å². The summed E-state index contributed by atoms with van der Waals surface area (Å²) in [6.45, 7) is 0.495. The molecule has 1 aromatic heterocycles. The molecule has 2 aromatic carbocycles. The number of amides is 4. The molecule has 0 fully saturated rings. The molecule has 142 valence electrons. The summed E-state index contributed by atoms with van der Waals surface area (Å²) in [6.07, 6.45) is 4.18. The van der Waals surface area contributed by atoms with Crippen molar-refractivity contribution in [1.82, 2.24) is 10.3 Å². The van der Waals surface area contributed by atoms with E-state index in [1.807, 2.05) is 30.3 Å². The van der Waals surface area contributed by atoms with Crippen LogP contribution in [0.15, 0.2) is 79.1 Å². The zero-order valence-electron chi connectivity index (χ0n) is 15.2. The lowest BCUT2D eigenvalue weighted by Gasteiger charge is -2.10. The Balaban J connectivity index is 1.47. The molecule has 4 amide bonds. The van der Waals surface area contributed by atoms with Crippen molar-refractivity contribution in [3.63, 3.8) is 0 Å². The third-order valence-electron chi connectivity index (χ3n) is 3.83. The van der Waals surface area contributed by atoms with Gasteiger partial charge in [0.15, 0.2) is 0 Å². The van der Waals surface area contributed by atoms with Crippen LogP contribution < -0.4 is 21.3 Å². The van der Waals surface area contributed by atoms with Gasteiger partial charge in [-0.25, -0.2) is 9.59 Å². The monoisotopic (exact) mass is 375 g/mol. The zero-order chi connectivity index (χ0) is 19.6. The van der Waals surface area contributed by atoms with Crippen molar-refractivity contribution in [3.05, 3.63) is 84.7 Å². The van der Waals surface area contributed by atoms with E-state index in [2.05, 4.69) is 26.3 Å². The van der Waals surface area contributed by atoms with Crippen molar-refractivity contribution in [3.8, 4) is 0 Å². The average Bonchev–Trinajstić information content (AvgIpc) is 2.70. The second-order valence-electron chi connectivity index (χ2n) is 6.02. The van der Waals surface area contributed by atoms with E-state index in [9.17, 15) is 9.59 Å². The Morgan fingerprint density at radius 3 is 2.14 bits per heavy atom. The highest BCUT2D eigenvalue weighted by Crippen LogP contribution is 2.15. The van der Waals surface area contributed by atoms with Gasteiger partial charge >= 0.3 is 12.1 Å². The average molecular weight is 375 g/mol. The fourth-order valence-corrected chi connectivity index (χ4v) is 2.53.